The summed E-state index contributed by atoms with van der Waals surface area (Å²) >= 11 is 0. The molecule has 3 aromatic carbocycles. The molecular weight excluding hydrogens is 356 g/mol. The Balaban J connectivity index is 1.70. The highest BCUT2D eigenvalue weighted by atomic mass is 16.5. The number of fused-ring (bicyclic) bond motifs is 1. The molecule has 144 valence electrons. The molecule has 0 saturated carbocycles. The van der Waals surface area contributed by atoms with Crippen molar-refractivity contribution in [1.82, 2.24) is 10.8 Å². The molecule has 0 radical (unpaired) electrons. The first-order valence-corrected chi connectivity index (χ1v) is 8.98. The van der Waals surface area contributed by atoms with Gasteiger partial charge in [0.1, 0.15) is 5.75 Å². The van der Waals surface area contributed by atoms with Crippen molar-refractivity contribution in [3.05, 3.63) is 77.4 Å². The van der Waals surface area contributed by atoms with E-state index in [1.54, 1.807) is 41.9 Å². The maximum Gasteiger partial charge on any atom is 0.274 e. The molecule has 0 heterocycles. The van der Waals surface area contributed by atoms with Gasteiger partial charge in [-0.1, -0.05) is 24.3 Å². The number of nitrogens with one attached hydrogen (secondary N) is 2. The molecule has 0 unspecified atom stereocenters. The van der Waals surface area contributed by atoms with Gasteiger partial charge in [0.15, 0.2) is 0 Å². The van der Waals surface area contributed by atoms with Gasteiger partial charge >= 0.3 is 0 Å². The Morgan fingerprint density at radius 2 is 1.57 bits per heavy atom. The van der Waals surface area contributed by atoms with Crippen molar-refractivity contribution in [2.45, 2.75) is 26.5 Å². The van der Waals surface area contributed by atoms with Crippen molar-refractivity contribution in [1.29, 1.82) is 0 Å². The zero-order valence-corrected chi connectivity index (χ0v) is 15.7. The second-order valence-corrected chi connectivity index (χ2v) is 6.71. The first kappa shape index (κ1) is 19.4. The average molecular weight is 378 g/mol. The SMILES string of the molecule is CC(C)Oc1cccc(CNC(=O)c2ccc3cc(C(=O)NO)ccc3c2)c1. The Morgan fingerprint density at radius 3 is 2.18 bits per heavy atom. The number of carbonyl (C=O) groups excluding carboxylic acids is 2. The molecule has 3 rings (SSSR count). The summed E-state index contributed by atoms with van der Waals surface area (Å²) in [7, 11) is 0. The first-order chi connectivity index (χ1) is 13.5. The predicted octanol–water partition coefficient (Wildman–Crippen LogP) is 3.68. The molecule has 0 aliphatic rings. The van der Waals surface area contributed by atoms with Gasteiger partial charge in [-0.25, -0.2) is 5.48 Å². The van der Waals surface area contributed by atoms with Crippen molar-refractivity contribution < 1.29 is 19.5 Å². The maximum absolute atomic E-state index is 12.5. The van der Waals surface area contributed by atoms with Gasteiger partial charge in [-0.15, -0.1) is 0 Å². The van der Waals surface area contributed by atoms with Crippen molar-refractivity contribution in [2.75, 3.05) is 0 Å². The lowest BCUT2D eigenvalue weighted by Gasteiger charge is -2.11. The summed E-state index contributed by atoms with van der Waals surface area (Å²) in [4.78, 5) is 24.0. The van der Waals surface area contributed by atoms with E-state index in [0.717, 1.165) is 22.1 Å². The van der Waals surface area contributed by atoms with Crippen molar-refractivity contribution in [3.63, 3.8) is 0 Å². The summed E-state index contributed by atoms with van der Waals surface area (Å²) in [5, 5.41) is 13.3. The van der Waals surface area contributed by atoms with Gasteiger partial charge in [0.25, 0.3) is 11.8 Å². The molecule has 0 fully saturated rings. The highest BCUT2D eigenvalue weighted by molar-refractivity contribution is 6.01. The van der Waals surface area contributed by atoms with Crippen molar-refractivity contribution in [2.24, 2.45) is 0 Å². The molecule has 0 spiro atoms. The third kappa shape index (κ3) is 4.66. The fourth-order valence-corrected chi connectivity index (χ4v) is 2.88. The number of carbonyl (C=O) groups is 2. The second-order valence-electron chi connectivity index (χ2n) is 6.71. The molecule has 0 atom stereocenters. The molecule has 0 aliphatic carbocycles. The lowest BCUT2D eigenvalue weighted by molar-refractivity contribution is 0.0706. The number of hydroxylamine groups is 1. The first-order valence-electron chi connectivity index (χ1n) is 8.98. The zero-order chi connectivity index (χ0) is 20.1. The van der Waals surface area contributed by atoms with E-state index in [0.29, 0.717) is 17.7 Å². The summed E-state index contributed by atoms with van der Waals surface area (Å²) in [6, 6.07) is 17.9. The zero-order valence-electron chi connectivity index (χ0n) is 15.7. The summed E-state index contributed by atoms with van der Waals surface area (Å²) in [6.07, 6.45) is 0.0893. The van der Waals surface area contributed by atoms with E-state index in [2.05, 4.69) is 5.32 Å². The Morgan fingerprint density at radius 1 is 0.929 bits per heavy atom. The van der Waals surface area contributed by atoms with E-state index in [1.165, 1.54) is 0 Å². The normalized spacial score (nSPS) is 10.7. The largest absolute Gasteiger partial charge is 0.491 e. The Hall–Kier alpha value is -3.38. The lowest BCUT2D eigenvalue weighted by atomic mass is 10.0. The molecule has 2 amide bonds. The van der Waals surface area contributed by atoms with Gasteiger partial charge in [0.05, 0.1) is 6.10 Å². The average Bonchev–Trinajstić information content (AvgIpc) is 2.70. The van der Waals surface area contributed by atoms with Crippen LogP contribution in [0.15, 0.2) is 60.7 Å². The highest BCUT2D eigenvalue weighted by Gasteiger charge is 2.09. The lowest BCUT2D eigenvalue weighted by Crippen LogP contribution is -2.22. The molecule has 28 heavy (non-hydrogen) atoms. The molecule has 0 saturated heterocycles. The Kier molecular flexibility index (Phi) is 5.91. The molecule has 0 aromatic heterocycles. The number of rotatable bonds is 6. The number of amides is 2. The molecule has 3 aromatic rings. The minimum Gasteiger partial charge on any atom is -0.491 e. The van der Waals surface area contributed by atoms with Gasteiger partial charge in [-0.3, -0.25) is 14.8 Å². The molecule has 3 N–H and O–H groups in total. The van der Waals surface area contributed by atoms with Crippen LogP contribution in [-0.2, 0) is 6.54 Å². The van der Waals surface area contributed by atoms with Crippen LogP contribution in [0.3, 0.4) is 0 Å². The standard InChI is InChI=1S/C22H22N2O4/c1-14(2)28-20-5-3-4-15(10-20)13-23-21(25)18-8-6-17-12-19(22(26)24-27)9-7-16(17)11-18/h3-12,14,27H,13H2,1-2H3,(H,23,25)(H,24,26). The van der Waals surface area contributed by atoms with Crippen LogP contribution in [0.25, 0.3) is 10.8 Å². The quantitative estimate of drug-likeness (QED) is 0.451. The highest BCUT2D eigenvalue weighted by Crippen LogP contribution is 2.19. The molecule has 0 aliphatic heterocycles. The van der Waals surface area contributed by atoms with Crippen LogP contribution in [0.2, 0.25) is 0 Å². The number of benzene rings is 3. The number of hydrogen-bond donors (Lipinski definition) is 3. The van der Waals surface area contributed by atoms with Gasteiger partial charge in [0, 0.05) is 17.7 Å². The Bertz CT molecular complexity index is 1010. The summed E-state index contributed by atoms with van der Waals surface area (Å²) in [5.41, 5.74) is 3.43. The summed E-state index contributed by atoms with van der Waals surface area (Å²) in [5.74, 6) is 0.0110. The van der Waals surface area contributed by atoms with Gasteiger partial charge in [0.2, 0.25) is 0 Å². The molecule has 6 nitrogen and oxygen atoms in total. The van der Waals surface area contributed by atoms with Gasteiger partial charge in [-0.2, -0.15) is 0 Å². The number of hydrogen-bond acceptors (Lipinski definition) is 4. The minimum absolute atomic E-state index is 0.0893. The van der Waals surface area contributed by atoms with E-state index < -0.39 is 5.91 Å². The topological polar surface area (TPSA) is 87.7 Å². The summed E-state index contributed by atoms with van der Waals surface area (Å²) < 4.78 is 5.67. The number of ether oxygens (including phenoxy) is 1. The monoisotopic (exact) mass is 378 g/mol. The van der Waals surface area contributed by atoms with E-state index in [4.69, 9.17) is 9.94 Å². The van der Waals surface area contributed by atoms with Crippen LogP contribution in [0.5, 0.6) is 5.75 Å². The summed E-state index contributed by atoms with van der Waals surface area (Å²) in [6.45, 7) is 4.32. The third-order valence-corrected chi connectivity index (χ3v) is 4.19. The minimum atomic E-state index is -0.576. The van der Waals surface area contributed by atoms with E-state index in [1.807, 2.05) is 38.1 Å². The van der Waals surface area contributed by atoms with Crippen LogP contribution >= 0.6 is 0 Å². The molecular formula is C22H22N2O4. The van der Waals surface area contributed by atoms with Crippen molar-refractivity contribution in [3.8, 4) is 5.75 Å². The van der Waals surface area contributed by atoms with E-state index >= 15 is 0 Å². The molecule has 6 heteroatoms. The van der Waals surface area contributed by atoms with Crippen LogP contribution in [0, 0.1) is 0 Å². The van der Waals surface area contributed by atoms with Crippen LogP contribution in [-0.4, -0.2) is 23.1 Å². The third-order valence-electron chi connectivity index (χ3n) is 4.19. The van der Waals surface area contributed by atoms with Crippen molar-refractivity contribution >= 4 is 22.6 Å². The van der Waals surface area contributed by atoms with E-state index in [9.17, 15) is 9.59 Å². The predicted molar refractivity (Wildman–Crippen MR) is 107 cm³/mol. The van der Waals surface area contributed by atoms with Crippen LogP contribution < -0.4 is 15.5 Å². The smallest absolute Gasteiger partial charge is 0.274 e. The fraction of sp³-hybridized carbons (Fsp3) is 0.182. The van der Waals surface area contributed by atoms with E-state index in [-0.39, 0.29) is 12.0 Å². The maximum atomic E-state index is 12.5. The van der Waals surface area contributed by atoms with Crippen LogP contribution in [0.4, 0.5) is 0 Å². The Labute approximate surface area is 163 Å². The van der Waals surface area contributed by atoms with Gasteiger partial charge < -0.3 is 10.1 Å². The fourth-order valence-electron chi connectivity index (χ4n) is 2.88. The van der Waals surface area contributed by atoms with Gasteiger partial charge in [-0.05, 0) is 66.6 Å². The second kappa shape index (κ2) is 8.54. The van der Waals surface area contributed by atoms with Crippen LogP contribution in [0.1, 0.15) is 40.1 Å². The molecule has 0 bridgehead atoms.